The first kappa shape index (κ1) is 29.1. The highest BCUT2D eigenvalue weighted by Crippen LogP contribution is 2.32. The quantitative estimate of drug-likeness (QED) is 0.306. The second kappa shape index (κ2) is 10.9. The van der Waals surface area contributed by atoms with Crippen molar-refractivity contribution in [2.75, 3.05) is 13.2 Å². The highest BCUT2D eigenvalue weighted by Gasteiger charge is 2.24. The fourth-order valence-electron chi connectivity index (χ4n) is 3.54. The molecule has 6 nitrogen and oxygen atoms in total. The zero-order valence-electron chi connectivity index (χ0n) is 22.6. The maximum Gasteiger partial charge on any atom is 0.120 e. The number of hydrogen-bond acceptors (Lipinski definition) is 6. The van der Waals surface area contributed by atoms with Crippen LogP contribution in [0.5, 0.6) is 11.5 Å². The molecule has 196 valence electrons. The highest BCUT2D eigenvalue weighted by atomic mass is 16.5. The number of unbranched alkanes of at least 4 members (excludes halogenated alkanes) is 2. The summed E-state index contributed by atoms with van der Waals surface area (Å²) in [5, 5.41) is 41.6. The van der Waals surface area contributed by atoms with Gasteiger partial charge >= 0.3 is 0 Å². The monoisotopic (exact) mass is 488 g/mol. The van der Waals surface area contributed by atoms with E-state index in [1.165, 1.54) is 0 Å². The van der Waals surface area contributed by atoms with E-state index < -0.39 is 22.4 Å². The molecule has 0 fully saturated rings. The summed E-state index contributed by atoms with van der Waals surface area (Å²) in [6.07, 6.45) is 2.55. The Morgan fingerprint density at radius 2 is 0.714 bits per heavy atom. The number of hydrogen-bond donors (Lipinski definition) is 4. The molecule has 2 aromatic rings. The van der Waals surface area contributed by atoms with Crippen LogP contribution in [0.1, 0.15) is 96.9 Å². The zero-order chi connectivity index (χ0) is 26.7. The minimum atomic E-state index is -1.04. The van der Waals surface area contributed by atoms with Gasteiger partial charge in [0.1, 0.15) is 11.5 Å². The van der Waals surface area contributed by atoms with Gasteiger partial charge in [-0.25, -0.2) is 0 Å². The number of rotatable bonds is 12. The second-order valence-corrected chi connectivity index (χ2v) is 11.5. The predicted octanol–water partition coefficient (Wildman–Crippen LogP) is 5.22. The van der Waals surface area contributed by atoms with Crippen molar-refractivity contribution in [1.29, 1.82) is 0 Å². The summed E-state index contributed by atoms with van der Waals surface area (Å²) in [5.74, 6) is 1.25. The molecule has 6 heteroatoms. The summed E-state index contributed by atoms with van der Waals surface area (Å²) in [7, 11) is 0. The van der Waals surface area contributed by atoms with Crippen LogP contribution in [0.25, 0.3) is 0 Å². The minimum absolute atomic E-state index is 0.512. The van der Waals surface area contributed by atoms with Crippen LogP contribution in [-0.4, -0.2) is 33.6 Å². The van der Waals surface area contributed by atoms with Crippen LogP contribution in [0, 0.1) is 0 Å². The summed E-state index contributed by atoms with van der Waals surface area (Å²) < 4.78 is 11.9. The topological polar surface area (TPSA) is 99.4 Å². The fraction of sp³-hybridized carbons (Fsp3) is 0.586. The third kappa shape index (κ3) is 9.12. The molecule has 0 radical (unpaired) electrons. The summed E-state index contributed by atoms with van der Waals surface area (Å²) in [5.41, 5.74) is -1.37. The molecule has 0 unspecified atom stereocenters. The Kier molecular flexibility index (Phi) is 9.04. The lowest BCUT2D eigenvalue weighted by molar-refractivity contribution is 0.0701. The molecule has 2 aromatic carbocycles. The fourth-order valence-corrected chi connectivity index (χ4v) is 3.54. The molecule has 0 aliphatic carbocycles. The van der Waals surface area contributed by atoms with E-state index >= 15 is 0 Å². The van der Waals surface area contributed by atoms with Gasteiger partial charge in [0.15, 0.2) is 0 Å². The Morgan fingerprint density at radius 1 is 0.457 bits per heavy atom. The third-order valence-electron chi connectivity index (χ3n) is 5.96. The van der Waals surface area contributed by atoms with Gasteiger partial charge in [0, 0.05) is 0 Å². The summed E-state index contributed by atoms with van der Waals surface area (Å²) >= 11 is 0. The Hall–Kier alpha value is -2.12. The van der Waals surface area contributed by atoms with Crippen LogP contribution in [-0.2, 0) is 22.4 Å². The first-order chi connectivity index (χ1) is 15.9. The number of benzene rings is 2. The molecule has 0 atom stereocenters. The van der Waals surface area contributed by atoms with Crippen LogP contribution >= 0.6 is 0 Å². The summed E-state index contributed by atoms with van der Waals surface area (Å²) in [6.45, 7) is 14.7. The molecular weight excluding hydrogens is 444 g/mol. The molecule has 0 amide bonds. The molecule has 0 spiro atoms. The van der Waals surface area contributed by atoms with Gasteiger partial charge in [-0.15, -0.1) is 0 Å². The van der Waals surface area contributed by atoms with Crippen molar-refractivity contribution in [3.05, 3.63) is 58.7 Å². The van der Waals surface area contributed by atoms with Crippen molar-refractivity contribution >= 4 is 0 Å². The average molecular weight is 489 g/mol. The molecule has 35 heavy (non-hydrogen) atoms. The van der Waals surface area contributed by atoms with Crippen LogP contribution in [0.4, 0.5) is 0 Å². The maximum absolute atomic E-state index is 10.4. The van der Waals surface area contributed by atoms with E-state index in [4.69, 9.17) is 9.47 Å². The van der Waals surface area contributed by atoms with E-state index in [0.29, 0.717) is 47.0 Å². The van der Waals surface area contributed by atoms with Crippen LogP contribution in [0.3, 0.4) is 0 Å². The van der Waals surface area contributed by atoms with Crippen LogP contribution in [0.2, 0.25) is 0 Å². The molecule has 0 bridgehead atoms. The molecule has 2 rings (SSSR count). The molecule has 0 aliphatic heterocycles. The lowest BCUT2D eigenvalue weighted by Crippen LogP contribution is -2.20. The minimum Gasteiger partial charge on any atom is -0.494 e. The van der Waals surface area contributed by atoms with Crippen molar-refractivity contribution in [3.8, 4) is 11.5 Å². The van der Waals surface area contributed by atoms with Crippen molar-refractivity contribution < 1.29 is 29.9 Å². The summed E-state index contributed by atoms with van der Waals surface area (Å²) in [4.78, 5) is 0. The van der Waals surface area contributed by atoms with Gasteiger partial charge in [-0.3, -0.25) is 0 Å². The van der Waals surface area contributed by atoms with Crippen molar-refractivity contribution in [1.82, 2.24) is 0 Å². The van der Waals surface area contributed by atoms with E-state index in [1.807, 2.05) is 24.3 Å². The SMILES string of the molecule is CC(C)(O)c1cc(OCCCCCOc2cc(C(C)(C)O)cc(C(C)(C)O)c2)cc(C(C)(C)O)c1. The van der Waals surface area contributed by atoms with Crippen molar-refractivity contribution in [2.45, 2.75) is 97.1 Å². The van der Waals surface area contributed by atoms with Gasteiger partial charge in [0.2, 0.25) is 0 Å². The average Bonchev–Trinajstić information content (AvgIpc) is 2.70. The van der Waals surface area contributed by atoms with Gasteiger partial charge in [-0.05, 0) is 133 Å². The molecule has 0 heterocycles. The van der Waals surface area contributed by atoms with Gasteiger partial charge in [-0.1, -0.05) is 0 Å². The highest BCUT2D eigenvalue weighted by molar-refractivity contribution is 5.40. The smallest absolute Gasteiger partial charge is 0.120 e. The largest absolute Gasteiger partial charge is 0.494 e. The second-order valence-electron chi connectivity index (χ2n) is 11.5. The Labute approximate surface area is 210 Å². The van der Waals surface area contributed by atoms with E-state index in [0.717, 1.165) is 19.3 Å². The summed E-state index contributed by atoms with van der Waals surface area (Å²) in [6, 6.07) is 10.9. The first-order valence-corrected chi connectivity index (χ1v) is 12.3. The number of ether oxygens (including phenoxy) is 2. The predicted molar refractivity (Wildman–Crippen MR) is 139 cm³/mol. The molecule has 0 saturated heterocycles. The standard InChI is InChI=1S/C29H44O6/c1-26(2,30)20-14-21(27(3,4)31)17-24(16-20)34-12-10-9-11-13-35-25-18-22(28(5,6)32)15-23(19-25)29(7,8)33/h14-19,30-33H,9-13H2,1-8H3. The number of aliphatic hydroxyl groups is 4. The zero-order valence-corrected chi connectivity index (χ0v) is 22.6. The van der Waals surface area contributed by atoms with Gasteiger partial charge in [0.25, 0.3) is 0 Å². The molecule has 4 N–H and O–H groups in total. The third-order valence-corrected chi connectivity index (χ3v) is 5.96. The lowest BCUT2D eigenvalue weighted by Gasteiger charge is -2.24. The normalized spacial score (nSPS) is 13.1. The van der Waals surface area contributed by atoms with Gasteiger partial charge in [0.05, 0.1) is 35.6 Å². The molecule has 0 aromatic heterocycles. The van der Waals surface area contributed by atoms with Crippen molar-refractivity contribution in [3.63, 3.8) is 0 Å². The Bertz CT molecular complexity index is 825. The molecular formula is C29H44O6. The van der Waals surface area contributed by atoms with Gasteiger partial charge in [-0.2, -0.15) is 0 Å². The van der Waals surface area contributed by atoms with Crippen LogP contribution < -0.4 is 9.47 Å². The maximum atomic E-state index is 10.4. The van der Waals surface area contributed by atoms with E-state index in [1.54, 1.807) is 67.5 Å². The molecule has 0 saturated carbocycles. The van der Waals surface area contributed by atoms with Crippen molar-refractivity contribution in [2.24, 2.45) is 0 Å². The van der Waals surface area contributed by atoms with E-state index in [9.17, 15) is 20.4 Å². The first-order valence-electron chi connectivity index (χ1n) is 12.3. The van der Waals surface area contributed by atoms with Gasteiger partial charge < -0.3 is 29.9 Å². The van der Waals surface area contributed by atoms with E-state index in [2.05, 4.69) is 0 Å². The lowest BCUT2D eigenvalue weighted by atomic mass is 9.90. The Balaban J connectivity index is 1.90. The Morgan fingerprint density at radius 3 is 0.943 bits per heavy atom. The van der Waals surface area contributed by atoms with Crippen LogP contribution in [0.15, 0.2) is 36.4 Å². The van der Waals surface area contributed by atoms with E-state index in [-0.39, 0.29) is 0 Å². The molecule has 0 aliphatic rings.